The number of methoxy groups -OCH3 is 1. The zero-order valence-corrected chi connectivity index (χ0v) is 17.3. The number of nitrogens with one attached hydrogen (secondary N) is 1. The van der Waals surface area contributed by atoms with Gasteiger partial charge in [-0.15, -0.1) is 0 Å². The lowest BCUT2D eigenvalue weighted by Gasteiger charge is -2.14. The predicted octanol–water partition coefficient (Wildman–Crippen LogP) is 3.16. The summed E-state index contributed by atoms with van der Waals surface area (Å²) in [6.45, 7) is 3.33. The number of benzene rings is 2. The average molecular weight is 419 g/mol. The van der Waals surface area contributed by atoms with Crippen LogP contribution in [0.25, 0.3) is 0 Å². The topological polar surface area (TPSA) is 90.9 Å². The fourth-order valence-electron chi connectivity index (χ4n) is 3.22. The second-order valence-electron chi connectivity index (χ2n) is 6.76. The summed E-state index contributed by atoms with van der Waals surface area (Å²) in [5.41, 5.74) is 0.639. The smallest absolute Gasteiger partial charge is 0.259 e. The molecule has 0 aromatic heterocycles. The maximum absolute atomic E-state index is 12.9. The Morgan fingerprint density at radius 2 is 2.00 bits per heavy atom. The Bertz CT molecular complexity index is 967. The number of rotatable bonds is 8. The summed E-state index contributed by atoms with van der Waals surface area (Å²) < 4.78 is 41.7. The predicted molar refractivity (Wildman–Crippen MR) is 110 cm³/mol. The Morgan fingerprint density at radius 3 is 2.69 bits per heavy atom. The summed E-state index contributed by atoms with van der Waals surface area (Å²) in [6, 6.07) is 11.4. The first kappa shape index (κ1) is 21.1. The van der Waals surface area contributed by atoms with Crippen molar-refractivity contribution in [2.24, 2.45) is 5.92 Å². The Kier molecular flexibility index (Phi) is 6.76. The highest BCUT2D eigenvalue weighted by Gasteiger charge is 2.26. The van der Waals surface area contributed by atoms with Crippen LogP contribution in [0.1, 0.15) is 23.7 Å². The van der Waals surface area contributed by atoms with Gasteiger partial charge in [-0.05, 0) is 49.6 Å². The lowest BCUT2D eigenvalue weighted by molar-refractivity contribution is 0.102. The second-order valence-corrected chi connectivity index (χ2v) is 8.79. The lowest BCUT2D eigenvalue weighted by atomic mass is 10.1. The van der Waals surface area contributed by atoms with E-state index in [4.69, 9.17) is 14.2 Å². The van der Waals surface area contributed by atoms with Gasteiger partial charge < -0.3 is 19.5 Å². The van der Waals surface area contributed by atoms with Gasteiger partial charge in [0.2, 0.25) is 0 Å². The van der Waals surface area contributed by atoms with Crippen molar-refractivity contribution in [1.82, 2.24) is 0 Å². The largest absolute Gasteiger partial charge is 0.496 e. The number of para-hydroxylation sites is 2. The molecule has 1 aliphatic heterocycles. The molecule has 0 aliphatic carbocycles. The molecule has 0 bridgehead atoms. The molecule has 0 spiro atoms. The van der Waals surface area contributed by atoms with Crippen LogP contribution in [-0.2, 0) is 14.6 Å². The molecular formula is C21H25NO6S. The van der Waals surface area contributed by atoms with Gasteiger partial charge in [-0.3, -0.25) is 4.79 Å². The van der Waals surface area contributed by atoms with Gasteiger partial charge >= 0.3 is 0 Å². The third-order valence-corrected chi connectivity index (χ3v) is 6.57. The average Bonchev–Trinajstić information content (AvgIpc) is 3.21. The van der Waals surface area contributed by atoms with Crippen LogP contribution in [0.5, 0.6) is 11.5 Å². The van der Waals surface area contributed by atoms with E-state index in [2.05, 4.69) is 5.32 Å². The Hall–Kier alpha value is -2.58. The Labute approximate surface area is 170 Å². The molecule has 1 saturated heterocycles. The molecule has 8 heteroatoms. The normalized spacial score (nSPS) is 16.4. The van der Waals surface area contributed by atoms with Gasteiger partial charge in [-0.2, -0.15) is 0 Å². The van der Waals surface area contributed by atoms with Crippen molar-refractivity contribution in [2.75, 3.05) is 38.0 Å². The number of sulfone groups is 1. The number of hydrogen-bond donors (Lipinski definition) is 1. The zero-order valence-electron chi connectivity index (χ0n) is 16.5. The molecule has 7 nitrogen and oxygen atoms in total. The molecule has 0 radical (unpaired) electrons. The minimum absolute atomic E-state index is 0.00639. The van der Waals surface area contributed by atoms with Crippen molar-refractivity contribution < 1.29 is 27.4 Å². The van der Waals surface area contributed by atoms with Crippen LogP contribution < -0.4 is 14.8 Å². The summed E-state index contributed by atoms with van der Waals surface area (Å²) >= 11 is 0. The number of amides is 1. The molecule has 3 rings (SSSR count). The number of ether oxygens (including phenoxy) is 3. The van der Waals surface area contributed by atoms with Gasteiger partial charge in [-0.1, -0.05) is 12.1 Å². The van der Waals surface area contributed by atoms with Crippen molar-refractivity contribution in [3.05, 3.63) is 48.0 Å². The fourth-order valence-corrected chi connectivity index (χ4v) is 4.87. The van der Waals surface area contributed by atoms with Crippen molar-refractivity contribution in [2.45, 2.75) is 18.2 Å². The van der Waals surface area contributed by atoms with Crippen LogP contribution in [-0.4, -0.2) is 47.0 Å². The van der Waals surface area contributed by atoms with E-state index < -0.39 is 15.7 Å². The van der Waals surface area contributed by atoms with Crippen molar-refractivity contribution in [3.63, 3.8) is 0 Å². The van der Waals surface area contributed by atoms with Crippen LogP contribution in [0.15, 0.2) is 47.4 Å². The maximum atomic E-state index is 12.9. The van der Waals surface area contributed by atoms with Gasteiger partial charge in [0.1, 0.15) is 11.5 Å². The quantitative estimate of drug-likeness (QED) is 0.707. The first-order valence-electron chi connectivity index (χ1n) is 9.46. The molecule has 0 unspecified atom stereocenters. The van der Waals surface area contributed by atoms with Gasteiger partial charge in [0.05, 0.1) is 42.2 Å². The Morgan fingerprint density at radius 1 is 1.21 bits per heavy atom. The molecule has 1 aliphatic rings. The molecule has 1 heterocycles. The van der Waals surface area contributed by atoms with Crippen LogP contribution in [0.3, 0.4) is 0 Å². The molecule has 2 aromatic rings. The van der Waals surface area contributed by atoms with Gasteiger partial charge in [0.25, 0.3) is 5.91 Å². The van der Waals surface area contributed by atoms with E-state index in [1.54, 1.807) is 24.3 Å². The van der Waals surface area contributed by atoms with Crippen LogP contribution in [0, 0.1) is 5.92 Å². The lowest BCUT2D eigenvalue weighted by Crippen LogP contribution is -2.18. The number of carbonyl (C=O) groups excluding carboxylic acids is 1. The molecule has 29 heavy (non-hydrogen) atoms. The van der Waals surface area contributed by atoms with Crippen molar-refractivity contribution >= 4 is 21.4 Å². The first-order chi connectivity index (χ1) is 13.9. The van der Waals surface area contributed by atoms with Gasteiger partial charge in [0, 0.05) is 6.61 Å². The minimum Gasteiger partial charge on any atom is -0.496 e. The van der Waals surface area contributed by atoms with E-state index in [0.717, 1.165) is 6.42 Å². The summed E-state index contributed by atoms with van der Waals surface area (Å²) in [4.78, 5) is 13.0. The van der Waals surface area contributed by atoms with Crippen molar-refractivity contribution in [1.29, 1.82) is 0 Å². The van der Waals surface area contributed by atoms with E-state index in [0.29, 0.717) is 37.0 Å². The maximum Gasteiger partial charge on any atom is 0.259 e. The standard InChI is InChI=1S/C21H25NO6S/c1-3-28-20-7-5-4-6-18(20)22-21(23)17-12-16(8-9-19(17)26-2)29(24,25)14-15-10-11-27-13-15/h4-9,12,15H,3,10-11,13-14H2,1-2H3,(H,22,23)/t15-/m0/s1. The molecule has 1 atom stereocenters. The first-order valence-corrected chi connectivity index (χ1v) is 11.1. The fraction of sp³-hybridized carbons (Fsp3) is 0.381. The summed E-state index contributed by atoms with van der Waals surface area (Å²) in [6.07, 6.45) is 0.719. The second kappa shape index (κ2) is 9.28. The van der Waals surface area contributed by atoms with Crippen LogP contribution >= 0.6 is 0 Å². The van der Waals surface area contributed by atoms with E-state index >= 15 is 0 Å². The van der Waals surface area contributed by atoms with Crippen LogP contribution in [0.2, 0.25) is 0 Å². The highest BCUT2D eigenvalue weighted by atomic mass is 32.2. The number of hydrogen-bond acceptors (Lipinski definition) is 6. The third-order valence-electron chi connectivity index (χ3n) is 4.69. The molecule has 156 valence electrons. The van der Waals surface area contributed by atoms with Gasteiger partial charge in [-0.25, -0.2) is 8.42 Å². The molecule has 1 amide bonds. The zero-order chi connectivity index (χ0) is 20.9. The summed E-state index contributed by atoms with van der Waals surface area (Å²) in [5, 5.41) is 2.78. The molecule has 1 N–H and O–H groups in total. The highest BCUT2D eigenvalue weighted by Crippen LogP contribution is 2.29. The van der Waals surface area contributed by atoms with E-state index in [9.17, 15) is 13.2 Å². The summed E-state index contributed by atoms with van der Waals surface area (Å²) in [7, 11) is -2.12. The molecule has 1 fully saturated rings. The summed E-state index contributed by atoms with van der Waals surface area (Å²) in [5.74, 6) is 0.313. The van der Waals surface area contributed by atoms with Gasteiger partial charge in [0.15, 0.2) is 9.84 Å². The Balaban J connectivity index is 1.88. The molecular weight excluding hydrogens is 394 g/mol. The third kappa shape index (κ3) is 5.07. The minimum atomic E-state index is -3.55. The van der Waals surface area contributed by atoms with E-state index in [1.807, 2.05) is 6.92 Å². The number of carbonyl (C=O) groups is 1. The SMILES string of the molecule is CCOc1ccccc1NC(=O)c1cc(S(=O)(=O)C[C@H]2CCOC2)ccc1OC. The van der Waals surface area contributed by atoms with E-state index in [1.165, 1.54) is 25.3 Å². The highest BCUT2D eigenvalue weighted by molar-refractivity contribution is 7.91. The molecule has 0 saturated carbocycles. The van der Waals surface area contributed by atoms with Crippen molar-refractivity contribution in [3.8, 4) is 11.5 Å². The van der Waals surface area contributed by atoms with Crippen LogP contribution in [0.4, 0.5) is 5.69 Å². The number of anilines is 1. The van der Waals surface area contributed by atoms with E-state index in [-0.39, 0.29) is 22.1 Å². The monoisotopic (exact) mass is 419 g/mol. The molecule has 2 aromatic carbocycles.